The second-order valence-corrected chi connectivity index (χ2v) is 4.72. The van der Waals surface area contributed by atoms with Crippen LogP contribution in [-0.2, 0) is 0 Å². The smallest absolute Gasteiger partial charge is 0.255 e. The number of carbonyl (C=O) groups is 1. The lowest BCUT2D eigenvalue weighted by Gasteiger charge is -2.08. The molecule has 0 atom stereocenters. The minimum absolute atomic E-state index is 0.195. The molecule has 0 unspecified atom stereocenters. The molecular formula is C13H9Cl2FN2O. The van der Waals surface area contributed by atoms with Gasteiger partial charge in [0.2, 0.25) is 0 Å². The van der Waals surface area contributed by atoms with Crippen molar-refractivity contribution < 1.29 is 9.18 Å². The van der Waals surface area contributed by atoms with Gasteiger partial charge >= 0.3 is 0 Å². The molecule has 3 N–H and O–H groups in total. The van der Waals surface area contributed by atoms with Crippen molar-refractivity contribution in [1.82, 2.24) is 0 Å². The lowest BCUT2D eigenvalue weighted by molar-refractivity contribution is 0.102. The zero-order valence-electron chi connectivity index (χ0n) is 9.58. The third-order valence-corrected chi connectivity index (χ3v) is 2.82. The average Bonchev–Trinajstić information content (AvgIpc) is 2.32. The first-order chi connectivity index (χ1) is 8.95. The summed E-state index contributed by atoms with van der Waals surface area (Å²) in [5.41, 5.74) is 6.37. The second kappa shape index (κ2) is 5.47. The Morgan fingerprint density at radius 3 is 2.37 bits per heavy atom. The van der Waals surface area contributed by atoms with E-state index in [4.69, 9.17) is 28.9 Å². The highest BCUT2D eigenvalue weighted by molar-refractivity contribution is 6.35. The first-order valence-corrected chi connectivity index (χ1v) is 6.04. The molecule has 0 spiro atoms. The van der Waals surface area contributed by atoms with E-state index in [1.54, 1.807) is 0 Å². The quantitative estimate of drug-likeness (QED) is 0.824. The molecule has 0 aliphatic heterocycles. The molecule has 19 heavy (non-hydrogen) atoms. The van der Waals surface area contributed by atoms with E-state index in [9.17, 15) is 9.18 Å². The number of nitrogens with one attached hydrogen (secondary N) is 1. The predicted octanol–water partition coefficient (Wildman–Crippen LogP) is 3.97. The van der Waals surface area contributed by atoms with Crippen LogP contribution < -0.4 is 11.1 Å². The molecule has 0 fully saturated rings. The minimum atomic E-state index is -0.492. The second-order valence-electron chi connectivity index (χ2n) is 3.84. The molecule has 2 rings (SSSR count). The van der Waals surface area contributed by atoms with Crippen LogP contribution in [0.3, 0.4) is 0 Å². The number of hydrogen-bond donors (Lipinski definition) is 2. The van der Waals surface area contributed by atoms with Gasteiger partial charge < -0.3 is 11.1 Å². The van der Waals surface area contributed by atoms with Crippen LogP contribution in [0.1, 0.15) is 10.4 Å². The molecular weight excluding hydrogens is 290 g/mol. The normalized spacial score (nSPS) is 10.3. The molecule has 6 heteroatoms. The van der Waals surface area contributed by atoms with Crippen molar-refractivity contribution in [2.45, 2.75) is 0 Å². The van der Waals surface area contributed by atoms with Gasteiger partial charge in [0.05, 0.1) is 11.4 Å². The van der Waals surface area contributed by atoms with Gasteiger partial charge in [0.25, 0.3) is 5.91 Å². The molecule has 0 heterocycles. The van der Waals surface area contributed by atoms with Crippen LogP contribution in [0.2, 0.25) is 10.0 Å². The standard InChI is InChI=1S/C13H9Cl2FN2O/c14-8-3-7(4-9(15)5-8)13(19)18-12-6-10(16)1-2-11(12)17/h1-6H,17H2,(H,18,19). The maximum absolute atomic E-state index is 13.1. The van der Waals surface area contributed by atoms with E-state index in [1.165, 1.54) is 30.3 Å². The maximum atomic E-state index is 13.1. The molecule has 98 valence electrons. The number of halogens is 3. The van der Waals surface area contributed by atoms with Crippen LogP contribution in [0.15, 0.2) is 36.4 Å². The Hall–Kier alpha value is -1.78. The van der Waals surface area contributed by atoms with Gasteiger partial charge in [-0.2, -0.15) is 0 Å². The van der Waals surface area contributed by atoms with E-state index in [-0.39, 0.29) is 16.9 Å². The fourth-order valence-corrected chi connectivity index (χ4v) is 2.04. The minimum Gasteiger partial charge on any atom is -0.397 e. The Balaban J connectivity index is 2.28. The van der Waals surface area contributed by atoms with Gasteiger partial charge in [0, 0.05) is 15.6 Å². The number of benzene rings is 2. The Labute approximate surface area is 119 Å². The number of anilines is 2. The molecule has 0 aliphatic carbocycles. The summed E-state index contributed by atoms with van der Waals surface area (Å²) < 4.78 is 13.1. The molecule has 0 bridgehead atoms. The third-order valence-electron chi connectivity index (χ3n) is 2.39. The van der Waals surface area contributed by atoms with E-state index >= 15 is 0 Å². The molecule has 2 aromatic rings. The van der Waals surface area contributed by atoms with Gasteiger partial charge in [0.15, 0.2) is 0 Å². The van der Waals surface area contributed by atoms with Crippen LogP contribution >= 0.6 is 23.2 Å². The van der Waals surface area contributed by atoms with E-state index in [2.05, 4.69) is 5.32 Å². The van der Waals surface area contributed by atoms with Crippen molar-refractivity contribution in [3.8, 4) is 0 Å². The van der Waals surface area contributed by atoms with Gasteiger partial charge in [-0.25, -0.2) is 4.39 Å². The zero-order chi connectivity index (χ0) is 14.0. The monoisotopic (exact) mass is 298 g/mol. The summed E-state index contributed by atoms with van der Waals surface area (Å²) in [4.78, 5) is 12.0. The SMILES string of the molecule is Nc1ccc(F)cc1NC(=O)c1cc(Cl)cc(Cl)c1. The number of carbonyl (C=O) groups excluding carboxylic acids is 1. The van der Waals surface area contributed by atoms with E-state index in [1.807, 2.05) is 0 Å². The lowest BCUT2D eigenvalue weighted by atomic mass is 10.2. The van der Waals surface area contributed by atoms with E-state index < -0.39 is 11.7 Å². The summed E-state index contributed by atoms with van der Waals surface area (Å²) in [7, 11) is 0. The Kier molecular flexibility index (Phi) is 3.93. The fraction of sp³-hybridized carbons (Fsp3) is 0. The van der Waals surface area contributed by atoms with Crippen LogP contribution in [0.4, 0.5) is 15.8 Å². The third kappa shape index (κ3) is 3.36. The van der Waals surface area contributed by atoms with E-state index in [0.717, 1.165) is 6.07 Å². The Bertz CT molecular complexity index is 626. The molecule has 1 amide bonds. The topological polar surface area (TPSA) is 55.1 Å². The van der Waals surface area contributed by atoms with Crippen LogP contribution in [0, 0.1) is 5.82 Å². The Morgan fingerprint density at radius 1 is 1.11 bits per heavy atom. The van der Waals surface area contributed by atoms with Crippen molar-refractivity contribution in [3.05, 3.63) is 57.8 Å². The van der Waals surface area contributed by atoms with Crippen LogP contribution in [0.25, 0.3) is 0 Å². The number of rotatable bonds is 2. The summed E-state index contributed by atoms with van der Waals surface area (Å²) in [5.74, 6) is -0.963. The number of nitrogens with two attached hydrogens (primary N) is 1. The highest BCUT2D eigenvalue weighted by Gasteiger charge is 2.10. The summed E-state index contributed by atoms with van der Waals surface area (Å²) in [5, 5.41) is 3.18. The highest BCUT2D eigenvalue weighted by Crippen LogP contribution is 2.22. The fourth-order valence-electron chi connectivity index (χ4n) is 1.52. The number of nitrogen functional groups attached to an aromatic ring is 1. The molecule has 3 nitrogen and oxygen atoms in total. The first kappa shape index (κ1) is 13.6. The van der Waals surface area contributed by atoms with Crippen molar-refractivity contribution in [3.63, 3.8) is 0 Å². The van der Waals surface area contributed by atoms with Crippen molar-refractivity contribution in [2.75, 3.05) is 11.1 Å². The van der Waals surface area contributed by atoms with Crippen LogP contribution in [0.5, 0.6) is 0 Å². The first-order valence-electron chi connectivity index (χ1n) is 5.28. The average molecular weight is 299 g/mol. The summed E-state index contributed by atoms with van der Waals surface area (Å²) in [6.45, 7) is 0. The van der Waals surface area contributed by atoms with Gasteiger partial charge in [-0.15, -0.1) is 0 Å². The zero-order valence-corrected chi connectivity index (χ0v) is 11.1. The molecule has 0 aliphatic rings. The van der Waals surface area contributed by atoms with Gasteiger partial charge in [0.1, 0.15) is 5.82 Å². The number of amides is 1. The summed E-state index contributed by atoms with van der Waals surface area (Å²) in [6.07, 6.45) is 0. The lowest BCUT2D eigenvalue weighted by Crippen LogP contribution is -2.13. The highest BCUT2D eigenvalue weighted by atomic mass is 35.5. The number of hydrogen-bond acceptors (Lipinski definition) is 2. The molecule has 0 aromatic heterocycles. The Morgan fingerprint density at radius 2 is 1.74 bits per heavy atom. The molecule has 0 radical (unpaired) electrons. The van der Waals surface area contributed by atoms with E-state index in [0.29, 0.717) is 10.0 Å². The van der Waals surface area contributed by atoms with Gasteiger partial charge in [-0.1, -0.05) is 23.2 Å². The van der Waals surface area contributed by atoms with Crippen molar-refractivity contribution in [2.24, 2.45) is 0 Å². The van der Waals surface area contributed by atoms with Gasteiger partial charge in [-0.3, -0.25) is 4.79 Å². The maximum Gasteiger partial charge on any atom is 0.255 e. The van der Waals surface area contributed by atoms with Crippen molar-refractivity contribution >= 4 is 40.5 Å². The van der Waals surface area contributed by atoms with Crippen LogP contribution in [-0.4, -0.2) is 5.91 Å². The van der Waals surface area contributed by atoms with Gasteiger partial charge in [-0.05, 0) is 36.4 Å². The summed E-state index contributed by atoms with van der Waals surface area (Å²) in [6, 6.07) is 8.14. The summed E-state index contributed by atoms with van der Waals surface area (Å²) >= 11 is 11.6. The molecule has 0 saturated heterocycles. The molecule has 0 saturated carbocycles. The largest absolute Gasteiger partial charge is 0.397 e. The predicted molar refractivity (Wildman–Crippen MR) is 75.2 cm³/mol. The van der Waals surface area contributed by atoms with Crippen molar-refractivity contribution in [1.29, 1.82) is 0 Å². The molecule has 2 aromatic carbocycles.